The molecule has 156 valence electrons. The van der Waals surface area contributed by atoms with Gasteiger partial charge in [-0.15, -0.1) is 0 Å². The van der Waals surface area contributed by atoms with Gasteiger partial charge >= 0.3 is 0 Å². The van der Waals surface area contributed by atoms with Crippen molar-refractivity contribution >= 4 is 80.9 Å². The average molecular weight is 473 g/mol. The molecule has 0 spiro atoms. The van der Waals surface area contributed by atoms with E-state index in [4.69, 9.17) is 41.2 Å². The van der Waals surface area contributed by atoms with Gasteiger partial charge in [0.1, 0.15) is 12.1 Å². The molecule has 4 rings (SSSR count). The molecule has 10 heteroatoms. The van der Waals surface area contributed by atoms with Crippen molar-refractivity contribution in [2.24, 2.45) is 5.73 Å². The lowest BCUT2D eigenvalue weighted by molar-refractivity contribution is -0.122. The number of aromatic nitrogens is 1. The van der Waals surface area contributed by atoms with E-state index in [0.717, 1.165) is 10.9 Å². The van der Waals surface area contributed by atoms with Gasteiger partial charge in [0.05, 0.1) is 15.7 Å². The molecular weight excluding hydrogens is 459 g/mol. The lowest BCUT2D eigenvalue weighted by Gasteiger charge is -2.29. The van der Waals surface area contributed by atoms with Crippen LogP contribution in [-0.4, -0.2) is 27.4 Å². The maximum Gasteiger partial charge on any atom is 0.270 e. The predicted octanol–water partition coefficient (Wildman–Crippen LogP) is 3.26. The van der Waals surface area contributed by atoms with Crippen LogP contribution in [0.25, 0.3) is 17.0 Å². The molecule has 1 saturated heterocycles. The zero-order chi connectivity index (χ0) is 22.3. The molecule has 0 aliphatic carbocycles. The number of nitrogens with two attached hydrogens (primary N) is 1. The van der Waals surface area contributed by atoms with Gasteiger partial charge in [-0.05, 0) is 42.6 Å². The number of rotatable bonds is 4. The highest BCUT2D eigenvalue weighted by molar-refractivity contribution is 7.80. The summed E-state index contributed by atoms with van der Waals surface area (Å²) in [5.41, 5.74) is 6.91. The quantitative estimate of drug-likeness (QED) is 0.345. The summed E-state index contributed by atoms with van der Waals surface area (Å²) in [6.45, 7) is -0.0384. The Hall–Kier alpha value is -3.20. The number of hydrogen-bond acceptors (Lipinski definition) is 4. The van der Waals surface area contributed by atoms with Gasteiger partial charge in [-0.3, -0.25) is 24.6 Å². The number of hydrogen-bond donors (Lipinski definition) is 2. The van der Waals surface area contributed by atoms with Crippen LogP contribution in [0.3, 0.4) is 0 Å². The molecule has 1 aromatic heterocycles. The summed E-state index contributed by atoms with van der Waals surface area (Å²) in [6.07, 6.45) is 3.13. The molecule has 0 atom stereocenters. The lowest BCUT2D eigenvalue weighted by Crippen LogP contribution is -2.54. The van der Waals surface area contributed by atoms with Crippen LogP contribution in [0.15, 0.2) is 54.2 Å². The smallest absolute Gasteiger partial charge is 0.270 e. The molecule has 1 fully saturated rings. The first-order valence-electron chi connectivity index (χ1n) is 8.99. The largest absolute Gasteiger partial charge is 0.368 e. The minimum Gasteiger partial charge on any atom is -0.368 e. The van der Waals surface area contributed by atoms with Gasteiger partial charge in [-0.1, -0.05) is 41.4 Å². The number of halogens is 2. The molecule has 1 aliphatic heterocycles. The highest BCUT2D eigenvalue weighted by Crippen LogP contribution is 2.30. The standard InChI is InChI=1S/C21H14Cl2N4O3S/c22-15-6-5-12(8-16(15)23)27-20(30)14(19(29)25-21(27)31)7-11-9-26(10-18(24)28)17-4-2-1-3-13(11)17/h1-9H,10H2,(H2,24,28)(H,25,29,31). The first kappa shape index (κ1) is 21.0. The summed E-state index contributed by atoms with van der Waals surface area (Å²) < 4.78 is 1.66. The molecule has 0 radical (unpaired) electrons. The van der Waals surface area contributed by atoms with E-state index in [1.54, 1.807) is 16.8 Å². The number of carbonyl (C=O) groups excluding carboxylic acids is 3. The van der Waals surface area contributed by atoms with Crippen LogP contribution in [0.4, 0.5) is 5.69 Å². The van der Waals surface area contributed by atoms with Gasteiger partial charge in [0.2, 0.25) is 5.91 Å². The summed E-state index contributed by atoms with van der Waals surface area (Å²) in [7, 11) is 0. The molecule has 0 saturated carbocycles. The van der Waals surface area contributed by atoms with Crippen LogP contribution in [0.2, 0.25) is 10.0 Å². The summed E-state index contributed by atoms with van der Waals surface area (Å²) in [6, 6.07) is 11.9. The highest BCUT2D eigenvalue weighted by atomic mass is 35.5. The number of anilines is 1. The molecule has 2 aromatic carbocycles. The topological polar surface area (TPSA) is 97.4 Å². The molecule has 0 bridgehead atoms. The fraction of sp³-hybridized carbons (Fsp3) is 0.0476. The van der Waals surface area contributed by atoms with E-state index in [1.807, 2.05) is 24.3 Å². The van der Waals surface area contributed by atoms with Crippen LogP contribution in [0.5, 0.6) is 0 Å². The van der Waals surface area contributed by atoms with Crippen molar-refractivity contribution < 1.29 is 14.4 Å². The van der Waals surface area contributed by atoms with Crippen molar-refractivity contribution in [3.63, 3.8) is 0 Å². The first-order valence-corrected chi connectivity index (χ1v) is 10.2. The van der Waals surface area contributed by atoms with Gasteiger partial charge in [-0.25, -0.2) is 0 Å². The first-order chi connectivity index (χ1) is 14.8. The predicted molar refractivity (Wildman–Crippen MR) is 124 cm³/mol. The van der Waals surface area contributed by atoms with Crippen LogP contribution in [0.1, 0.15) is 5.56 Å². The molecule has 0 unspecified atom stereocenters. The van der Waals surface area contributed by atoms with Crippen molar-refractivity contribution in [1.29, 1.82) is 0 Å². The molecular formula is C21H14Cl2N4O3S. The number of amides is 3. The number of primary amides is 1. The van der Waals surface area contributed by atoms with E-state index in [2.05, 4.69) is 5.32 Å². The van der Waals surface area contributed by atoms with Crippen molar-refractivity contribution in [2.45, 2.75) is 6.54 Å². The number of nitrogens with zero attached hydrogens (tertiary/aromatic N) is 2. The monoisotopic (exact) mass is 472 g/mol. The Balaban J connectivity index is 1.81. The summed E-state index contributed by atoms with van der Waals surface area (Å²) >= 11 is 17.2. The third-order valence-electron chi connectivity index (χ3n) is 4.71. The van der Waals surface area contributed by atoms with E-state index >= 15 is 0 Å². The van der Waals surface area contributed by atoms with Gasteiger partial charge < -0.3 is 10.3 Å². The minimum atomic E-state index is -0.627. The van der Waals surface area contributed by atoms with E-state index in [1.165, 1.54) is 23.1 Å². The molecule has 3 N–H and O–H groups in total. The Kier molecular flexibility index (Phi) is 5.53. The van der Waals surface area contributed by atoms with Gasteiger partial charge in [-0.2, -0.15) is 0 Å². The third kappa shape index (κ3) is 3.93. The molecule has 7 nitrogen and oxygen atoms in total. The molecule has 3 amide bonds. The van der Waals surface area contributed by atoms with Gasteiger partial charge in [0.25, 0.3) is 11.8 Å². The number of nitrogens with one attached hydrogen (secondary N) is 1. The van der Waals surface area contributed by atoms with Crippen molar-refractivity contribution in [3.05, 3.63) is 69.8 Å². The summed E-state index contributed by atoms with van der Waals surface area (Å²) in [5.74, 6) is -1.75. The molecule has 31 heavy (non-hydrogen) atoms. The van der Waals surface area contributed by atoms with Crippen LogP contribution < -0.4 is 16.0 Å². The van der Waals surface area contributed by atoms with E-state index in [0.29, 0.717) is 16.3 Å². The van der Waals surface area contributed by atoms with Crippen molar-refractivity contribution in [2.75, 3.05) is 4.90 Å². The Morgan fingerprint density at radius 1 is 1.13 bits per heavy atom. The number of para-hydroxylation sites is 1. The SMILES string of the molecule is NC(=O)Cn1cc(C=C2C(=O)NC(=S)N(c3ccc(Cl)c(Cl)c3)C2=O)c2ccccc21. The molecule has 3 aromatic rings. The van der Waals surface area contributed by atoms with E-state index in [9.17, 15) is 14.4 Å². The highest BCUT2D eigenvalue weighted by Gasteiger charge is 2.35. The lowest BCUT2D eigenvalue weighted by atomic mass is 10.1. The zero-order valence-corrected chi connectivity index (χ0v) is 18.1. The second-order valence-electron chi connectivity index (χ2n) is 6.75. The second kappa shape index (κ2) is 8.14. The van der Waals surface area contributed by atoms with E-state index in [-0.39, 0.29) is 22.3 Å². The maximum atomic E-state index is 13.2. The van der Waals surface area contributed by atoms with Crippen molar-refractivity contribution in [1.82, 2.24) is 9.88 Å². The normalized spacial score (nSPS) is 15.6. The fourth-order valence-electron chi connectivity index (χ4n) is 3.36. The third-order valence-corrected chi connectivity index (χ3v) is 5.73. The number of carbonyl (C=O) groups is 3. The summed E-state index contributed by atoms with van der Waals surface area (Å²) in [5, 5.41) is 3.77. The number of thiocarbonyl (C=S) groups is 1. The Labute approximate surface area is 192 Å². The molecule has 2 heterocycles. The summed E-state index contributed by atoms with van der Waals surface area (Å²) in [4.78, 5) is 38.4. The minimum absolute atomic E-state index is 0.0384. The number of benzene rings is 2. The fourth-order valence-corrected chi connectivity index (χ4v) is 3.93. The van der Waals surface area contributed by atoms with Crippen LogP contribution in [0, 0.1) is 0 Å². The van der Waals surface area contributed by atoms with Gasteiger partial charge in [0, 0.05) is 22.7 Å². The van der Waals surface area contributed by atoms with Crippen LogP contribution >= 0.6 is 35.4 Å². The van der Waals surface area contributed by atoms with Crippen molar-refractivity contribution in [3.8, 4) is 0 Å². The zero-order valence-electron chi connectivity index (χ0n) is 15.8. The Morgan fingerprint density at radius 2 is 1.87 bits per heavy atom. The maximum absolute atomic E-state index is 13.2. The average Bonchev–Trinajstić information content (AvgIpc) is 3.04. The Morgan fingerprint density at radius 3 is 2.58 bits per heavy atom. The number of fused-ring (bicyclic) bond motifs is 1. The van der Waals surface area contributed by atoms with E-state index < -0.39 is 17.7 Å². The van der Waals surface area contributed by atoms with Gasteiger partial charge in [0.15, 0.2) is 5.11 Å². The molecule has 1 aliphatic rings. The Bertz CT molecular complexity index is 1320. The second-order valence-corrected chi connectivity index (χ2v) is 7.95. The van der Waals surface area contributed by atoms with Crippen LogP contribution in [-0.2, 0) is 20.9 Å².